The van der Waals surface area contributed by atoms with Gasteiger partial charge in [0.15, 0.2) is 17.3 Å². The largest absolute Gasteiger partial charge is 0.491 e. The first-order chi connectivity index (χ1) is 29.1. The van der Waals surface area contributed by atoms with E-state index in [1.54, 1.807) is 24.3 Å². The molecule has 8 rings (SSSR count). The smallest absolute Gasteiger partial charge is 0.239 e. The molecule has 7 aromatic rings. The van der Waals surface area contributed by atoms with Gasteiger partial charge in [-0.25, -0.2) is 0 Å². The van der Waals surface area contributed by atoms with Crippen LogP contribution in [0.15, 0.2) is 155 Å². The summed E-state index contributed by atoms with van der Waals surface area (Å²) < 4.78 is 44.9. The van der Waals surface area contributed by atoms with E-state index in [4.69, 9.17) is 32.8 Å². The minimum atomic E-state index is -0.377. The molecule has 9 heteroatoms. The summed E-state index contributed by atoms with van der Waals surface area (Å²) in [5.41, 5.74) is 4.31. The second-order valence-corrected chi connectivity index (χ2v) is 14.4. The third-order valence-corrected chi connectivity index (χ3v) is 10.2. The average Bonchev–Trinajstić information content (AvgIpc) is 3.81. The lowest BCUT2D eigenvalue weighted by atomic mass is 10.1. The maximum atomic E-state index is 14.6. The number of fused-ring (bicyclic) bond motifs is 1. The van der Waals surface area contributed by atoms with Gasteiger partial charge in [-0.2, -0.15) is 0 Å². The van der Waals surface area contributed by atoms with Crippen LogP contribution >= 0.6 is 0 Å². The van der Waals surface area contributed by atoms with Crippen molar-refractivity contribution in [2.24, 2.45) is 0 Å². The third-order valence-electron chi connectivity index (χ3n) is 10.2. The zero-order chi connectivity index (χ0) is 40.2. The standard InChI is InChI=1S/C50H47NO8/c1-53-50-47(52)46-42(54-27-26-51-24-14-15-25-51)30-41(55-32-36-16-6-2-7-17-36)31-43(46)59-48(50)40-28-44(56-33-37-18-8-3-9-19-37)49(58-35-39-22-12-5-13-23-39)45(29-40)57-34-38-20-10-4-11-21-38/h2-13,16-23,28-31H,14-15,24-27,32-35H2,1H3. The van der Waals surface area contributed by atoms with E-state index >= 15 is 0 Å². The highest BCUT2D eigenvalue weighted by Gasteiger charge is 2.25. The highest BCUT2D eigenvalue weighted by atomic mass is 16.5. The van der Waals surface area contributed by atoms with Crippen LogP contribution in [0.4, 0.5) is 0 Å². The van der Waals surface area contributed by atoms with E-state index in [2.05, 4.69) is 4.90 Å². The van der Waals surface area contributed by atoms with Crippen LogP contribution in [0.25, 0.3) is 22.3 Å². The lowest BCUT2D eigenvalue weighted by Gasteiger charge is -2.20. The van der Waals surface area contributed by atoms with E-state index in [1.165, 1.54) is 20.0 Å². The van der Waals surface area contributed by atoms with Gasteiger partial charge in [-0.1, -0.05) is 121 Å². The van der Waals surface area contributed by atoms with Crippen LogP contribution in [0.2, 0.25) is 0 Å². The molecule has 0 N–H and O–H groups in total. The summed E-state index contributed by atoms with van der Waals surface area (Å²) in [6, 6.07) is 46.7. The van der Waals surface area contributed by atoms with Gasteiger partial charge in [0.05, 0.1) is 7.11 Å². The summed E-state index contributed by atoms with van der Waals surface area (Å²) >= 11 is 0. The highest BCUT2D eigenvalue weighted by molar-refractivity contribution is 5.89. The number of nitrogens with zero attached hydrogens (tertiary/aromatic N) is 1. The zero-order valence-electron chi connectivity index (χ0n) is 33.1. The van der Waals surface area contributed by atoms with Crippen molar-refractivity contribution in [3.63, 3.8) is 0 Å². The first-order valence-corrected chi connectivity index (χ1v) is 20.0. The molecule has 2 heterocycles. The van der Waals surface area contributed by atoms with Gasteiger partial charge >= 0.3 is 0 Å². The molecule has 0 aliphatic carbocycles. The highest BCUT2D eigenvalue weighted by Crippen LogP contribution is 2.45. The van der Waals surface area contributed by atoms with E-state index < -0.39 is 0 Å². The third kappa shape index (κ3) is 9.88. The summed E-state index contributed by atoms with van der Waals surface area (Å²) in [5.74, 6) is 2.30. The Hall–Kier alpha value is -6.71. The van der Waals surface area contributed by atoms with Crippen molar-refractivity contribution in [1.82, 2.24) is 4.90 Å². The van der Waals surface area contributed by atoms with Crippen molar-refractivity contribution >= 4 is 11.0 Å². The molecule has 59 heavy (non-hydrogen) atoms. The van der Waals surface area contributed by atoms with Gasteiger partial charge in [0.1, 0.15) is 55.5 Å². The molecule has 9 nitrogen and oxygen atoms in total. The van der Waals surface area contributed by atoms with Crippen LogP contribution in [-0.2, 0) is 26.4 Å². The fourth-order valence-corrected chi connectivity index (χ4v) is 7.11. The van der Waals surface area contributed by atoms with E-state index in [-0.39, 0.29) is 47.7 Å². The Labute approximate surface area is 344 Å². The van der Waals surface area contributed by atoms with Gasteiger partial charge in [0.2, 0.25) is 16.9 Å². The fraction of sp³-hybridized carbons (Fsp3) is 0.220. The summed E-state index contributed by atoms with van der Waals surface area (Å²) in [6.07, 6.45) is 2.35. The maximum absolute atomic E-state index is 14.6. The predicted molar refractivity (Wildman–Crippen MR) is 229 cm³/mol. The molecule has 1 saturated heterocycles. The van der Waals surface area contributed by atoms with Crippen LogP contribution in [0.1, 0.15) is 35.1 Å². The molecule has 1 aliphatic heterocycles. The normalized spacial score (nSPS) is 12.6. The summed E-state index contributed by atoms with van der Waals surface area (Å²) in [6.45, 7) is 4.31. The monoisotopic (exact) mass is 789 g/mol. The maximum Gasteiger partial charge on any atom is 0.239 e. The van der Waals surface area contributed by atoms with Crippen molar-refractivity contribution in [1.29, 1.82) is 0 Å². The van der Waals surface area contributed by atoms with Gasteiger partial charge in [0.25, 0.3) is 0 Å². The van der Waals surface area contributed by atoms with Crippen LogP contribution in [0, 0.1) is 0 Å². The second-order valence-electron chi connectivity index (χ2n) is 14.4. The Morgan fingerprint density at radius 3 is 1.54 bits per heavy atom. The van der Waals surface area contributed by atoms with E-state index in [0.717, 1.165) is 41.9 Å². The molecule has 300 valence electrons. The predicted octanol–water partition coefficient (Wildman–Crippen LogP) is 10.3. The number of rotatable bonds is 18. The number of methoxy groups -OCH3 is 1. The molecule has 0 spiro atoms. The molecule has 0 radical (unpaired) electrons. The van der Waals surface area contributed by atoms with E-state index in [1.807, 2.05) is 121 Å². The van der Waals surface area contributed by atoms with Crippen LogP contribution in [0.5, 0.6) is 34.5 Å². The summed E-state index contributed by atoms with van der Waals surface area (Å²) in [4.78, 5) is 17.0. The summed E-state index contributed by atoms with van der Waals surface area (Å²) in [7, 11) is 1.46. The van der Waals surface area contributed by atoms with Crippen molar-refractivity contribution in [3.05, 3.63) is 178 Å². The van der Waals surface area contributed by atoms with Gasteiger partial charge in [-0.15, -0.1) is 0 Å². The summed E-state index contributed by atoms with van der Waals surface area (Å²) in [5, 5.41) is 0.267. The molecule has 1 aromatic heterocycles. The Morgan fingerprint density at radius 1 is 0.542 bits per heavy atom. The topological polar surface area (TPSA) is 88.8 Å². The zero-order valence-corrected chi connectivity index (χ0v) is 33.1. The quantitative estimate of drug-likeness (QED) is 0.0843. The molecular formula is C50H47NO8. The number of likely N-dealkylation sites (tertiary alicyclic amines) is 1. The molecule has 0 atom stereocenters. The molecule has 0 bridgehead atoms. The Bertz CT molecular complexity index is 2420. The van der Waals surface area contributed by atoms with Gasteiger partial charge < -0.3 is 32.8 Å². The number of hydrogen-bond acceptors (Lipinski definition) is 9. The molecule has 6 aromatic carbocycles. The van der Waals surface area contributed by atoms with E-state index in [0.29, 0.717) is 47.5 Å². The van der Waals surface area contributed by atoms with Crippen molar-refractivity contribution < 1.29 is 32.8 Å². The molecular weight excluding hydrogens is 743 g/mol. The Balaban J connectivity index is 1.23. The fourth-order valence-electron chi connectivity index (χ4n) is 7.11. The Morgan fingerprint density at radius 2 is 1.03 bits per heavy atom. The molecule has 0 unspecified atom stereocenters. The molecule has 1 aliphatic rings. The van der Waals surface area contributed by atoms with Gasteiger partial charge in [-0.3, -0.25) is 9.69 Å². The van der Waals surface area contributed by atoms with Crippen LogP contribution < -0.4 is 33.8 Å². The Kier molecular flexibility index (Phi) is 12.7. The van der Waals surface area contributed by atoms with Crippen molar-refractivity contribution in [2.75, 3.05) is 33.4 Å². The lowest BCUT2D eigenvalue weighted by Crippen LogP contribution is -2.25. The van der Waals surface area contributed by atoms with Gasteiger partial charge in [0, 0.05) is 24.2 Å². The number of ether oxygens (including phenoxy) is 6. The molecule has 1 fully saturated rings. The minimum Gasteiger partial charge on any atom is -0.491 e. The van der Waals surface area contributed by atoms with E-state index in [9.17, 15) is 4.79 Å². The molecule has 0 amide bonds. The molecule has 0 saturated carbocycles. The first kappa shape index (κ1) is 39.1. The first-order valence-electron chi connectivity index (χ1n) is 20.0. The SMILES string of the molecule is COc1c(-c2cc(OCc3ccccc3)c(OCc3ccccc3)c(OCc3ccccc3)c2)oc2cc(OCc3ccccc3)cc(OCCN3CCCC3)c2c1=O. The van der Waals surface area contributed by atoms with Crippen molar-refractivity contribution in [3.8, 4) is 45.8 Å². The van der Waals surface area contributed by atoms with Gasteiger partial charge in [-0.05, 0) is 60.3 Å². The second kappa shape index (κ2) is 19.2. The lowest BCUT2D eigenvalue weighted by molar-refractivity contribution is 0.230. The minimum absolute atomic E-state index is 0.0146. The van der Waals surface area contributed by atoms with Crippen molar-refractivity contribution in [2.45, 2.75) is 39.3 Å². The number of hydrogen-bond donors (Lipinski definition) is 0. The number of benzene rings is 6. The average molecular weight is 790 g/mol. The van der Waals surface area contributed by atoms with Crippen LogP contribution in [0.3, 0.4) is 0 Å². The van der Waals surface area contributed by atoms with Crippen LogP contribution in [-0.4, -0.2) is 38.3 Å².